The zero-order valence-electron chi connectivity index (χ0n) is 27.7. The van der Waals surface area contributed by atoms with Gasteiger partial charge in [0.15, 0.2) is 0 Å². The molecule has 2 N–H and O–H groups in total. The Balaban J connectivity index is 1.03. The Bertz CT molecular complexity index is 1950. The highest BCUT2D eigenvalue weighted by Crippen LogP contribution is 2.41. The molecule has 0 spiro atoms. The summed E-state index contributed by atoms with van der Waals surface area (Å²) in [5.41, 5.74) is 9.12. The largest absolute Gasteiger partial charge is 0.492 e. The van der Waals surface area contributed by atoms with Crippen molar-refractivity contribution in [3.63, 3.8) is 0 Å². The molecule has 1 saturated heterocycles. The average Bonchev–Trinajstić information content (AvgIpc) is 3.85. The molecule has 242 valence electrons. The summed E-state index contributed by atoms with van der Waals surface area (Å²) in [5.74, 6) is 4.02. The first-order valence-electron chi connectivity index (χ1n) is 17.2. The van der Waals surface area contributed by atoms with Crippen molar-refractivity contribution in [2.45, 2.75) is 83.8 Å². The van der Waals surface area contributed by atoms with Crippen molar-refractivity contribution in [2.24, 2.45) is 5.92 Å². The van der Waals surface area contributed by atoms with E-state index in [4.69, 9.17) is 19.4 Å². The van der Waals surface area contributed by atoms with Gasteiger partial charge in [-0.05, 0) is 98.9 Å². The molecule has 3 unspecified atom stereocenters. The quantitative estimate of drug-likeness (QED) is 0.207. The molecule has 0 bridgehead atoms. The van der Waals surface area contributed by atoms with Crippen LogP contribution in [0.2, 0.25) is 0 Å². The fraction of sp³-hybridized carbons (Fsp3) is 0.410. The molecule has 8 rings (SSSR count). The van der Waals surface area contributed by atoms with E-state index in [-0.39, 0.29) is 12.1 Å². The third-order valence-electron chi connectivity index (χ3n) is 10.1. The second kappa shape index (κ2) is 11.6. The Kier molecular flexibility index (Phi) is 7.34. The normalized spacial score (nSPS) is 20.9. The lowest BCUT2D eigenvalue weighted by atomic mass is 9.98. The number of hydrogen-bond donors (Lipinski definition) is 2. The van der Waals surface area contributed by atoms with Crippen LogP contribution >= 0.6 is 0 Å². The molecule has 1 saturated carbocycles. The summed E-state index contributed by atoms with van der Waals surface area (Å²) in [4.78, 5) is 32.0. The first-order chi connectivity index (χ1) is 22.7. The van der Waals surface area contributed by atoms with Crippen LogP contribution in [-0.2, 0) is 11.2 Å². The van der Waals surface area contributed by atoms with Gasteiger partial charge < -0.3 is 19.4 Å². The Hall–Kier alpha value is -4.59. The van der Waals surface area contributed by atoms with E-state index >= 15 is 0 Å². The number of aromatic amines is 2. The molecule has 8 heteroatoms. The number of likely N-dealkylation sites (tertiary alicyclic amines) is 1. The molecular weight excluding hydrogens is 586 g/mol. The van der Waals surface area contributed by atoms with Gasteiger partial charge >= 0.3 is 6.09 Å². The topological polar surface area (TPSA) is 96.1 Å². The van der Waals surface area contributed by atoms with E-state index in [9.17, 15) is 4.79 Å². The van der Waals surface area contributed by atoms with Gasteiger partial charge in [-0.25, -0.2) is 14.8 Å². The van der Waals surface area contributed by atoms with E-state index in [1.165, 1.54) is 30.4 Å². The predicted octanol–water partition coefficient (Wildman–Crippen LogP) is 9.20. The molecule has 47 heavy (non-hydrogen) atoms. The molecule has 1 amide bonds. The molecule has 4 heterocycles. The van der Waals surface area contributed by atoms with Gasteiger partial charge in [-0.3, -0.25) is 4.90 Å². The molecule has 0 radical (unpaired) electrons. The smallest absolute Gasteiger partial charge is 0.410 e. The van der Waals surface area contributed by atoms with Gasteiger partial charge in [-0.15, -0.1) is 0 Å². The highest BCUT2D eigenvalue weighted by molar-refractivity contribution is 5.83. The van der Waals surface area contributed by atoms with Crippen molar-refractivity contribution in [3.8, 4) is 39.3 Å². The molecule has 2 aliphatic heterocycles. The summed E-state index contributed by atoms with van der Waals surface area (Å²) in [7, 11) is 0. The third kappa shape index (κ3) is 5.68. The van der Waals surface area contributed by atoms with Crippen molar-refractivity contribution in [2.75, 3.05) is 13.2 Å². The van der Waals surface area contributed by atoms with E-state index in [0.29, 0.717) is 25.0 Å². The van der Waals surface area contributed by atoms with Gasteiger partial charge in [0.05, 0.1) is 29.4 Å². The van der Waals surface area contributed by atoms with Crippen LogP contribution in [0.25, 0.3) is 44.5 Å². The maximum absolute atomic E-state index is 13.0. The fourth-order valence-electron chi connectivity index (χ4n) is 7.65. The lowest BCUT2D eigenvalue weighted by molar-refractivity contribution is 0.0218. The number of nitrogens with one attached hydrogen (secondary N) is 2. The average molecular weight is 630 g/mol. The number of amides is 1. The van der Waals surface area contributed by atoms with Crippen molar-refractivity contribution < 1.29 is 14.3 Å². The molecule has 8 nitrogen and oxygen atoms in total. The van der Waals surface area contributed by atoms with Crippen molar-refractivity contribution >= 4 is 17.1 Å². The second-order valence-electron chi connectivity index (χ2n) is 14.5. The third-order valence-corrected chi connectivity index (χ3v) is 10.1. The summed E-state index contributed by atoms with van der Waals surface area (Å²) < 4.78 is 12.0. The minimum Gasteiger partial charge on any atom is -0.492 e. The number of nitrogens with zero attached hydrogens (tertiary/aromatic N) is 3. The summed E-state index contributed by atoms with van der Waals surface area (Å²) in [6, 6.07) is 21.5. The summed E-state index contributed by atoms with van der Waals surface area (Å²) in [6.45, 7) is 9.28. The number of aromatic nitrogens is 4. The summed E-state index contributed by atoms with van der Waals surface area (Å²) in [6.07, 6.45) is 6.03. The lowest BCUT2D eigenvalue weighted by Gasteiger charge is -2.27. The summed E-state index contributed by atoms with van der Waals surface area (Å²) >= 11 is 0. The highest BCUT2D eigenvalue weighted by Gasteiger charge is 2.36. The number of hydrogen-bond acceptors (Lipinski definition) is 5. The minimum atomic E-state index is -0.537. The van der Waals surface area contributed by atoms with Crippen LogP contribution in [-0.4, -0.2) is 49.7 Å². The van der Waals surface area contributed by atoms with Crippen molar-refractivity contribution in [1.29, 1.82) is 0 Å². The maximum Gasteiger partial charge on any atom is 0.410 e. The van der Waals surface area contributed by atoms with Crippen LogP contribution in [0.3, 0.4) is 0 Å². The number of carbonyl (C=O) groups excluding carboxylic acids is 1. The van der Waals surface area contributed by atoms with Crippen LogP contribution < -0.4 is 4.74 Å². The van der Waals surface area contributed by atoms with Gasteiger partial charge in [0, 0.05) is 30.1 Å². The Morgan fingerprint density at radius 2 is 1.62 bits per heavy atom. The lowest BCUT2D eigenvalue weighted by Crippen LogP contribution is -2.36. The van der Waals surface area contributed by atoms with Gasteiger partial charge in [-0.1, -0.05) is 49.7 Å². The monoisotopic (exact) mass is 629 g/mol. The van der Waals surface area contributed by atoms with E-state index in [1.807, 2.05) is 25.7 Å². The molecule has 5 aromatic rings. The first kappa shape index (κ1) is 29.8. The van der Waals surface area contributed by atoms with Crippen LogP contribution in [0, 0.1) is 5.92 Å². The van der Waals surface area contributed by atoms with Crippen molar-refractivity contribution in [1.82, 2.24) is 24.8 Å². The highest BCUT2D eigenvalue weighted by atomic mass is 16.6. The number of carbonyl (C=O) groups is 1. The Labute approximate surface area is 275 Å². The molecule has 3 aliphatic rings. The predicted molar refractivity (Wildman–Crippen MR) is 184 cm³/mol. The maximum atomic E-state index is 13.0. The zero-order chi connectivity index (χ0) is 32.3. The Morgan fingerprint density at radius 1 is 0.872 bits per heavy atom. The number of H-pyrrole nitrogens is 2. The zero-order valence-corrected chi connectivity index (χ0v) is 27.7. The fourth-order valence-corrected chi connectivity index (χ4v) is 7.65. The standard InChI is InChI=1S/C39H43N5O3/c1-23-7-5-8-28(23)36-40-30-17-15-26(21-32(30)42-36)24-10-12-25(13-11-24)27-14-16-29-34(22-27)46-20-18-31-35(29)43-37(41-31)33-9-6-19-44(33)38(45)47-39(2,3)4/h10-17,21-23,28,33H,5-9,18-20H2,1-4H3,(H,40,42)(H,41,43). The molecular formula is C39H43N5O3. The van der Waals surface area contributed by atoms with Crippen LogP contribution in [0.15, 0.2) is 60.7 Å². The number of imidazole rings is 2. The Morgan fingerprint density at radius 3 is 2.36 bits per heavy atom. The number of fused-ring (bicyclic) bond motifs is 4. The molecule has 3 atom stereocenters. The number of ether oxygens (including phenoxy) is 2. The van der Waals surface area contributed by atoms with E-state index in [0.717, 1.165) is 75.8 Å². The number of benzene rings is 3. The molecule has 1 aliphatic carbocycles. The van der Waals surface area contributed by atoms with Crippen LogP contribution in [0.4, 0.5) is 4.79 Å². The SMILES string of the molecule is CC1CCCC1c1nc2ccc(-c3ccc(-c4ccc5c(c4)OCCc4[nH]c(C6CCCN6C(=O)OC(C)(C)C)nc4-5)cc3)cc2[nH]1. The molecule has 3 aromatic carbocycles. The molecule has 2 fully saturated rings. The van der Waals surface area contributed by atoms with Crippen LogP contribution in [0.5, 0.6) is 5.75 Å². The van der Waals surface area contributed by atoms with Crippen molar-refractivity contribution in [3.05, 3.63) is 78.0 Å². The van der Waals surface area contributed by atoms with E-state index < -0.39 is 5.60 Å². The van der Waals surface area contributed by atoms with Crippen LogP contribution in [0.1, 0.15) is 89.1 Å². The van der Waals surface area contributed by atoms with Gasteiger partial charge in [-0.2, -0.15) is 0 Å². The van der Waals surface area contributed by atoms with Gasteiger partial charge in [0.1, 0.15) is 23.0 Å². The summed E-state index contributed by atoms with van der Waals surface area (Å²) in [5, 5.41) is 0. The first-order valence-corrected chi connectivity index (χ1v) is 17.2. The molecule has 2 aromatic heterocycles. The van der Waals surface area contributed by atoms with Gasteiger partial charge in [0.2, 0.25) is 0 Å². The van der Waals surface area contributed by atoms with E-state index in [1.54, 1.807) is 0 Å². The second-order valence-corrected chi connectivity index (χ2v) is 14.5. The number of rotatable bonds is 4. The van der Waals surface area contributed by atoms with E-state index in [2.05, 4.69) is 77.6 Å². The minimum absolute atomic E-state index is 0.119. The van der Waals surface area contributed by atoms with Gasteiger partial charge in [0.25, 0.3) is 0 Å².